The monoisotopic (exact) mass is 419 g/mol. The lowest BCUT2D eigenvalue weighted by Gasteiger charge is -2.13. The summed E-state index contributed by atoms with van der Waals surface area (Å²) in [5.74, 6) is 1.90. The van der Waals surface area contributed by atoms with Crippen LogP contribution in [0.25, 0.3) is 0 Å². The molecule has 0 aliphatic carbocycles. The molecule has 158 valence electrons. The number of benzene rings is 2. The van der Waals surface area contributed by atoms with Crippen LogP contribution >= 0.6 is 0 Å². The largest absolute Gasteiger partial charge is 0.490 e. The molecule has 31 heavy (non-hydrogen) atoms. The Morgan fingerprint density at radius 2 is 1.97 bits per heavy atom. The molecule has 1 N–H and O–H groups in total. The van der Waals surface area contributed by atoms with E-state index >= 15 is 0 Å². The van der Waals surface area contributed by atoms with Gasteiger partial charge in [-0.1, -0.05) is 17.3 Å². The van der Waals surface area contributed by atoms with Crippen molar-refractivity contribution in [3.05, 3.63) is 84.5 Å². The molecule has 2 aromatic heterocycles. The molecule has 4 aromatic rings. The van der Waals surface area contributed by atoms with Crippen LogP contribution in [-0.4, -0.2) is 32.2 Å². The lowest BCUT2D eigenvalue weighted by atomic mass is 10.2. The lowest BCUT2D eigenvalue weighted by molar-refractivity contribution is 0.102. The molecule has 0 fully saturated rings. The van der Waals surface area contributed by atoms with Gasteiger partial charge in [0.25, 0.3) is 5.91 Å². The van der Waals surface area contributed by atoms with Crippen molar-refractivity contribution in [1.29, 1.82) is 0 Å². The van der Waals surface area contributed by atoms with E-state index in [1.165, 1.54) is 0 Å². The Kier molecular flexibility index (Phi) is 6.22. The topological polar surface area (TPSA) is 104 Å². The van der Waals surface area contributed by atoms with Crippen LogP contribution in [-0.2, 0) is 13.2 Å². The fraction of sp³-hybridized carbons (Fsp3) is 0.182. The molecule has 2 heterocycles. The Balaban J connectivity index is 1.33. The first-order valence-corrected chi connectivity index (χ1v) is 9.68. The molecule has 0 bridgehead atoms. The summed E-state index contributed by atoms with van der Waals surface area (Å²) < 4.78 is 18.3. The predicted octanol–water partition coefficient (Wildman–Crippen LogP) is 3.48. The van der Waals surface area contributed by atoms with Gasteiger partial charge in [-0.2, -0.15) is 4.98 Å². The van der Waals surface area contributed by atoms with Crippen LogP contribution in [0.3, 0.4) is 0 Å². The molecule has 0 saturated heterocycles. The second kappa shape index (κ2) is 9.57. The third-order valence-electron chi connectivity index (χ3n) is 4.36. The summed E-state index contributed by atoms with van der Waals surface area (Å²) in [6.45, 7) is 3.02. The van der Waals surface area contributed by atoms with Crippen LogP contribution in [0.15, 0.2) is 71.8 Å². The summed E-state index contributed by atoms with van der Waals surface area (Å²) in [5, 5.41) is 6.67. The highest BCUT2D eigenvalue weighted by Crippen LogP contribution is 2.25. The first-order valence-electron chi connectivity index (χ1n) is 9.68. The van der Waals surface area contributed by atoms with E-state index in [1.807, 2.05) is 29.0 Å². The van der Waals surface area contributed by atoms with E-state index in [0.717, 1.165) is 0 Å². The maximum Gasteiger partial charge on any atom is 0.255 e. The number of rotatable bonds is 9. The maximum absolute atomic E-state index is 12.7. The fourth-order valence-electron chi connectivity index (χ4n) is 2.82. The average Bonchev–Trinajstić information content (AvgIpc) is 3.45. The van der Waals surface area contributed by atoms with Crippen molar-refractivity contribution in [3.63, 3.8) is 0 Å². The first kappa shape index (κ1) is 20.1. The summed E-state index contributed by atoms with van der Waals surface area (Å²) in [7, 11) is 0. The van der Waals surface area contributed by atoms with Gasteiger partial charge in [-0.15, -0.1) is 0 Å². The molecule has 0 aliphatic heterocycles. The summed E-state index contributed by atoms with van der Waals surface area (Å²) in [5.41, 5.74) is 1.10. The van der Waals surface area contributed by atoms with E-state index in [1.54, 1.807) is 49.8 Å². The van der Waals surface area contributed by atoms with Gasteiger partial charge in [-0.25, -0.2) is 4.98 Å². The highest BCUT2D eigenvalue weighted by molar-refractivity contribution is 6.05. The second-order valence-electron chi connectivity index (χ2n) is 6.64. The molecule has 0 saturated carbocycles. The number of nitrogens with zero attached hydrogens (tertiary/aromatic N) is 4. The number of amides is 1. The van der Waals surface area contributed by atoms with Crippen molar-refractivity contribution < 1.29 is 18.8 Å². The molecule has 2 aromatic carbocycles. The van der Waals surface area contributed by atoms with E-state index in [4.69, 9.17) is 14.0 Å². The van der Waals surface area contributed by atoms with Gasteiger partial charge >= 0.3 is 0 Å². The quantitative estimate of drug-likeness (QED) is 0.443. The zero-order valence-electron chi connectivity index (χ0n) is 16.9. The Bertz CT molecular complexity index is 1120. The first-order chi connectivity index (χ1) is 15.2. The molecule has 9 nitrogen and oxygen atoms in total. The number of anilines is 1. The van der Waals surface area contributed by atoms with Crippen LogP contribution in [0.2, 0.25) is 0 Å². The molecule has 0 atom stereocenters. The molecular weight excluding hydrogens is 398 g/mol. The van der Waals surface area contributed by atoms with Crippen molar-refractivity contribution in [2.24, 2.45) is 0 Å². The number of carbonyl (C=O) groups is 1. The zero-order chi connectivity index (χ0) is 21.5. The minimum absolute atomic E-state index is 0.187. The van der Waals surface area contributed by atoms with Gasteiger partial charge in [0.15, 0.2) is 6.61 Å². The summed E-state index contributed by atoms with van der Waals surface area (Å²) in [6.07, 6.45) is 5.32. The number of aryl methyl sites for hydroxylation is 1. The molecule has 1 amide bonds. The Morgan fingerprint density at radius 1 is 1.13 bits per heavy atom. The molecule has 0 radical (unpaired) electrons. The Morgan fingerprint density at radius 3 is 2.71 bits per heavy atom. The predicted molar refractivity (Wildman–Crippen MR) is 112 cm³/mol. The van der Waals surface area contributed by atoms with Gasteiger partial charge in [0.05, 0.1) is 18.6 Å². The summed E-state index contributed by atoms with van der Waals surface area (Å²) in [6, 6.07) is 14.1. The average molecular weight is 419 g/mol. The van der Waals surface area contributed by atoms with Crippen LogP contribution in [0.5, 0.6) is 11.5 Å². The number of aromatic nitrogens is 4. The number of carbonyl (C=O) groups excluding carboxylic acids is 1. The number of para-hydroxylation sites is 2. The van der Waals surface area contributed by atoms with Crippen LogP contribution in [0.4, 0.5) is 5.69 Å². The molecule has 0 unspecified atom stereocenters. The van der Waals surface area contributed by atoms with Crippen LogP contribution in [0.1, 0.15) is 22.1 Å². The van der Waals surface area contributed by atoms with Crippen molar-refractivity contribution in [3.8, 4) is 11.5 Å². The third-order valence-corrected chi connectivity index (χ3v) is 4.36. The van der Waals surface area contributed by atoms with Gasteiger partial charge in [-0.3, -0.25) is 4.79 Å². The Labute approximate surface area is 178 Å². The van der Waals surface area contributed by atoms with Crippen molar-refractivity contribution in [2.45, 2.75) is 20.1 Å². The van der Waals surface area contributed by atoms with Crippen LogP contribution < -0.4 is 14.8 Å². The molecule has 0 spiro atoms. The fourth-order valence-corrected chi connectivity index (χ4v) is 2.82. The standard InChI is InChI=1S/C22H21N5O4/c1-16-24-21(26-31-16)14-30-18-8-6-17(7-9-18)22(28)25-19-4-2-3-5-20(19)29-13-12-27-11-10-23-15-27/h2-11,15H,12-14H2,1H3,(H,25,28). The number of hydrogen-bond acceptors (Lipinski definition) is 7. The summed E-state index contributed by atoms with van der Waals surface area (Å²) >= 11 is 0. The minimum Gasteiger partial charge on any atom is -0.490 e. The molecule has 0 aliphatic rings. The molecular formula is C22H21N5O4. The van der Waals surface area contributed by atoms with Crippen LogP contribution in [0, 0.1) is 6.92 Å². The molecule has 4 rings (SSSR count). The third kappa shape index (κ3) is 5.47. The van der Waals surface area contributed by atoms with Gasteiger partial charge < -0.3 is 23.9 Å². The lowest BCUT2D eigenvalue weighted by Crippen LogP contribution is -2.14. The number of hydrogen-bond donors (Lipinski definition) is 1. The molecule has 9 heteroatoms. The van der Waals surface area contributed by atoms with E-state index in [0.29, 0.717) is 47.6 Å². The zero-order valence-corrected chi connectivity index (χ0v) is 16.9. The van der Waals surface area contributed by atoms with Gasteiger partial charge in [-0.05, 0) is 36.4 Å². The normalized spacial score (nSPS) is 10.6. The van der Waals surface area contributed by atoms with E-state index in [2.05, 4.69) is 20.4 Å². The number of ether oxygens (including phenoxy) is 2. The number of nitrogens with one attached hydrogen (secondary N) is 1. The SMILES string of the molecule is Cc1nc(COc2ccc(C(=O)Nc3ccccc3OCCn3ccnc3)cc2)no1. The van der Waals surface area contributed by atoms with Gasteiger partial charge in [0.1, 0.15) is 18.1 Å². The smallest absolute Gasteiger partial charge is 0.255 e. The second-order valence-corrected chi connectivity index (χ2v) is 6.64. The van der Waals surface area contributed by atoms with E-state index < -0.39 is 0 Å². The van der Waals surface area contributed by atoms with E-state index in [9.17, 15) is 4.79 Å². The van der Waals surface area contributed by atoms with Crippen molar-refractivity contribution >= 4 is 11.6 Å². The highest BCUT2D eigenvalue weighted by atomic mass is 16.5. The van der Waals surface area contributed by atoms with Gasteiger partial charge in [0.2, 0.25) is 11.7 Å². The highest BCUT2D eigenvalue weighted by Gasteiger charge is 2.11. The Hall–Kier alpha value is -4.14. The number of imidazole rings is 1. The minimum atomic E-state index is -0.244. The maximum atomic E-state index is 12.7. The summed E-state index contributed by atoms with van der Waals surface area (Å²) in [4.78, 5) is 20.8. The van der Waals surface area contributed by atoms with Crippen molar-refractivity contribution in [1.82, 2.24) is 19.7 Å². The van der Waals surface area contributed by atoms with Crippen molar-refractivity contribution in [2.75, 3.05) is 11.9 Å². The van der Waals surface area contributed by atoms with Gasteiger partial charge in [0, 0.05) is 24.9 Å². The van der Waals surface area contributed by atoms with E-state index in [-0.39, 0.29) is 12.5 Å².